The molecule has 5 nitrogen and oxygen atoms in total. The third-order valence-electron chi connectivity index (χ3n) is 5.32. The van der Waals surface area contributed by atoms with E-state index in [1.165, 1.54) is 38.5 Å². The van der Waals surface area contributed by atoms with Crippen molar-refractivity contribution in [2.75, 3.05) is 7.11 Å². The van der Waals surface area contributed by atoms with E-state index in [1.807, 2.05) is 29.7 Å². The lowest BCUT2D eigenvalue weighted by Gasteiger charge is -2.16. The smallest absolute Gasteiger partial charge is 0.352 e. The minimum atomic E-state index is -0.866. The summed E-state index contributed by atoms with van der Waals surface area (Å²) in [6.07, 6.45) is 7.51. The Kier molecular flexibility index (Phi) is 5.63. The van der Waals surface area contributed by atoms with Crippen molar-refractivity contribution < 1.29 is 14.6 Å². The zero-order chi connectivity index (χ0) is 17.8. The first kappa shape index (κ1) is 17.8. The fourth-order valence-electron chi connectivity index (χ4n) is 4.01. The van der Waals surface area contributed by atoms with Crippen molar-refractivity contribution in [1.82, 2.24) is 9.88 Å². The van der Waals surface area contributed by atoms with Gasteiger partial charge in [0.25, 0.3) is 0 Å². The van der Waals surface area contributed by atoms with Crippen molar-refractivity contribution in [1.29, 1.82) is 0 Å². The molecule has 3 rings (SSSR count). The number of aromatic nitrogens is 1. The minimum absolute atomic E-state index is 0.395. The van der Waals surface area contributed by atoms with Gasteiger partial charge in [0, 0.05) is 36.1 Å². The van der Waals surface area contributed by atoms with Crippen LogP contribution in [0.2, 0.25) is 0 Å². The molecular weight excluding hydrogens is 316 g/mol. The van der Waals surface area contributed by atoms with Gasteiger partial charge in [-0.05, 0) is 31.9 Å². The first-order chi connectivity index (χ1) is 12.2. The van der Waals surface area contributed by atoms with E-state index in [1.54, 1.807) is 7.11 Å². The molecule has 0 spiro atoms. The Bertz CT molecular complexity index is 743. The van der Waals surface area contributed by atoms with E-state index >= 15 is 0 Å². The van der Waals surface area contributed by atoms with E-state index < -0.39 is 5.97 Å². The first-order valence-electron chi connectivity index (χ1n) is 9.31. The number of benzene rings is 1. The van der Waals surface area contributed by atoms with Gasteiger partial charge < -0.3 is 19.7 Å². The summed E-state index contributed by atoms with van der Waals surface area (Å²) in [7, 11) is 1.63. The average molecular weight is 344 g/mol. The fourth-order valence-corrected chi connectivity index (χ4v) is 4.01. The van der Waals surface area contributed by atoms with Crippen molar-refractivity contribution >= 4 is 16.9 Å². The molecule has 1 aromatic carbocycles. The van der Waals surface area contributed by atoms with Crippen LogP contribution in [0.5, 0.6) is 5.75 Å². The lowest BCUT2D eigenvalue weighted by atomic mass is 10.1. The Morgan fingerprint density at radius 2 is 2.00 bits per heavy atom. The summed E-state index contributed by atoms with van der Waals surface area (Å²) in [5.41, 5.74) is 2.21. The van der Waals surface area contributed by atoms with E-state index in [0.717, 1.165) is 22.2 Å². The molecule has 1 aliphatic carbocycles. The number of fused-ring (bicyclic) bond motifs is 1. The van der Waals surface area contributed by atoms with E-state index in [-0.39, 0.29) is 0 Å². The number of nitrogens with zero attached hydrogens (tertiary/aromatic N) is 1. The maximum Gasteiger partial charge on any atom is 0.352 e. The number of rotatable bonds is 6. The van der Waals surface area contributed by atoms with Crippen molar-refractivity contribution in [2.24, 2.45) is 0 Å². The van der Waals surface area contributed by atoms with Crippen LogP contribution in [0.4, 0.5) is 0 Å². The SMILES string of the molecule is CCn1c(C(=O)O)c(CNC2CCCCCC2)c2ccc(OC)cc21. The zero-order valence-electron chi connectivity index (χ0n) is 15.2. The standard InChI is InChI=1S/C20H28N2O3/c1-3-22-18-12-15(25-2)10-11-16(18)17(19(22)20(23)24)13-21-14-8-6-4-5-7-9-14/h10-12,14,21H,3-9,13H2,1-2H3,(H,23,24). The number of aryl methyl sites for hydroxylation is 1. The second kappa shape index (κ2) is 7.91. The highest BCUT2D eigenvalue weighted by Gasteiger charge is 2.23. The number of hydrogen-bond donors (Lipinski definition) is 2. The number of hydrogen-bond acceptors (Lipinski definition) is 3. The van der Waals surface area contributed by atoms with Gasteiger partial charge in [-0.25, -0.2) is 4.79 Å². The Morgan fingerprint density at radius 3 is 2.60 bits per heavy atom. The molecular formula is C20H28N2O3. The lowest BCUT2D eigenvalue weighted by molar-refractivity contribution is 0.0684. The van der Waals surface area contributed by atoms with E-state index in [0.29, 0.717) is 24.8 Å². The summed E-state index contributed by atoms with van der Waals surface area (Å²) in [6, 6.07) is 6.31. The molecule has 136 valence electrons. The molecule has 1 aromatic heterocycles. The highest BCUT2D eigenvalue weighted by atomic mass is 16.5. The molecule has 0 amide bonds. The van der Waals surface area contributed by atoms with Gasteiger partial charge in [-0.3, -0.25) is 0 Å². The molecule has 2 aromatic rings. The lowest BCUT2D eigenvalue weighted by Crippen LogP contribution is -2.28. The second-order valence-corrected chi connectivity index (χ2v) is 6.83. The summed E-state index contributed by atoms with van der Waals surface area (Å²) in [6.45, 7) is 3.20. The van der Waals surface area contributed by atoms with Gasteiger partial charge in [0.1, 0.15) is 11.4 Å². The molecule has 0 aliphatic heterocycles. The van der Waals surface area contributed by atoms with Gasteiger partial charge in [-0.2, -0.15) is 0 Å². The molecule has 0 atom stereocenters. The van der Waals surface area contributed by atoms with Crippen LogP contribution in [-0.2, 0) is 13.1 Å². The van der Waals surface area contributed by atoms with Crippen LogP contribution in [0.25, 0.3) is 10.9 Å². The van der Waals surface area contributed by atoms with Crippen LogP contribution >= 0.6 is 0 Å². The van der Waals surface area contributed by atoms with Gasteiger partial charge in [-0.1, -0.05) is 25.7 Å². The maximum absolute atomic E-state index is 12.0. The van der Waals surface area contributed by atoms with Gasteiger partial charge in [-0.15, -0.1) is 0 Å². The predicted octanol–water partition coefficient (Wildman–Crippen LogP) is 4.18. The summed E-state index contributed by atoms with van der Waals surface area (Å²) >= 11 is 0. The van der Waals surface area contributed by atoms with Crippen LogP contribution in [-0.4, -0.2) is 28.8 Å². The van der Waals surface area contributed by atoms with Crippen LogP contribution in [0.1, 0.15) is 61.5 Å². The molecule has 1 heterocycles. The van der Waals surface area contributed by atoms with Crippen molar-refractivity contribution in [3.05, 3.63) is 29.5 Å². The molecule has 5 heteroatoms. The Hall–Kier alpha value is -2.01. The molecule has 0 unspecified atom stereocenters. The Balaban J connectivity index is 1.97. The van der Waals surface area contributed by atoms with Crippen LogP contribution in [0.15, 0.2) is 18.2 Å². The Morgan fingerprint density at radius 1 is 1.28 bits per heavy atom. The van der Waals surface area contributed by atoms with Crippen molar-refractivity contribution in [2.45, 2.75) is 64.6 Å². The highest BCUT2D eigenvalue weighted by Crippen LogP contribution is 2.30. The Labute approximate surface area is 149 Å². The summed E-state index contributed by atoms with van der Waals surface area (Å²) in [5, 5.41) is 14.4. The molecule has 0 saturated heterocycles. The van der Waals surface area contributed by atoms with Crippen molar-refractivity contribution in [3.63, 3.8) is 0 Å². The quantitative estimate of drug-likeness (QED) is 0.772. The first-order valence-corrected chi connectivity index (χ1v) is 9.31. The molecule has 1 aliphatic rings. The number of methoxy groups -OCH3 is 1. The van der Waals surface area contributed by atoms with Crippen LogP contribution < -0.4 is 10.1 Å². The van der Waals surface area contributed by atoms with E-state index in [9.17, 15) is 9.90 Å². The average Bonchev–Trinajstić information content (AvgIpc) is 2.75. The van der Waals surface area contributed by atoms with Gasteiger partial charge in [0.05, 0.1) is 12.6 Å². The number of nitrogens with one attached hydrogen (secondary N) is 1. The van der Waals surface area contributed by atoms with Gasteiger partial charge in [0.15, 0.2) is 0 Å². The molecule has 25 heavy (non-hydrogen) atoms. The van der Waals surface area contributed by atoms with Gasteiger partial charge in [0.2, 0.25) is 0 Å². The van der Waals surface area contributed by atoms with Crippen LogP contribution in [0, 0.1) is 0 Å². The number of carboxylic acid groups (broad SMARTS) is 1. The number of ether oxygens (including phenoxy) is 1. The normalized spacial score (nSPS) is 16.1. The third kappa shape index (κ3) is 3.66. The van der Waals surface area contributed by atoms with E-state index in [2.05, 4.69) is 5.32 Å². The second-order valence-electron chi connectivity index (χ2n) is 6.83. The summed E-state index contributed by atoms with van der Waals surface area (Å²) < 4.78 is 7.20. The van der Waals surface area contributed by atoms with Gasteiger partial charge >= 0.3 is 5.97 Å². The predicted molar refractivity (Wildman–Crippen MR) is 99.5 cm³/mol. The fraction of sp³-hybridized carbons (Fsp3) is 0.550. The monoisotopic (exact) mass is 344 g/mol. The minimum Gasteiger partial charge on any atom is -0.497 e. The third-order valence-corrected chi connectivity index (χ3v) is 5.32. The maximum atomic E-state index is 12.0. The van der Waals surface area contributed by atoms with Crippen LogP contribution in [0.3, 0.4) is 0 Å². The molecule has 1 saturated carbocycles. The number of carbonyl (C=O) groups is 1. The van der Waals surface area contributed by atoms with E-state index in [4.69, 9.17) is 4.74 Å². The summed E-state index contributed by atoms with van der Waals surface area (Å²) in [5.74, 6) is -0.116. The van der Waals surface area contributed by atoms with Crippen molar-refractivity contribution in [3.8, 4) is 5.75 Å². The zero-order valence-corrected chi connectivity index (χ0v) is 15.2. The highest BCUT2D eigenvalue weighted by molar-refractivity contribution is 5.98. The molecule has 0 radical (unpaired) electrons. The molecule has 1 fully saturated rings. The number of aromatic carboxylic acids is 1. The molecule has 0 bridgehead atoms. The summed E-state index contributed by atoms with van der Waals surface area (Å²) in [4.78, 5) is 12.0. The largest absolute Gasteiger partial charge is 0.497 e. The molecule has 2 N–H and O–H groups in total. The topological polar surface area (TPSA) is 63.5 Å². The number of carboxylic acids is 1.